The third kappa shape index (κ3) is 2.24. The number of benzene rings is 1. The van der Waals surface area contributed by atoms with Gasteiger partial charge in [-0.05, 0) is 58.8 Å². The van der Waals surface area contributed by atoms with Gasteiger partial charge < -0.3 is 10.3 Å². The molecule has 0 amide bonds. The summed E-state index contributed by atoms with van der Waals surface area (Å²) in [5, 5.41) is 18.8. The van der Waals surface area contributed by atoms with Gasteiger partial charge in [0, 0.05) is 12.1 Å². The van der Waals surface area contributed by atoms with Crippen molar-refractivity contribution >= 4 is 15.9 Å². The SMILES string of the molecule is ONCc1c(O)c(Br)cc2c1CCCCC2. The van der Waals surface area contributed by atoms with Crippen LogP contribution in [0.5, 0.6) is 5.75 Å². The minimum absolute atomic E-state index is 0.252. The van der Waals surface area contributed by atoms with Crippen LogP contribution in [0.15, 0.2) is 10.5 Å². The lowest BCUT2D eigenvalue weighted by Crippen LogP contribution is -2.10. The predicted octanol–water partition coefficient (Wildman–Crippen LogP) is 2.90. The molecule has 0 saturated heterocycles. The van der Waals surface area contributed by atoms with E-state index in [9.17, 15) is 5.11 Å². The Labute approximate surface area is 104 Å². The minimum Gasteiger partial charge on any atom is -0.506 e. The van der Waals surface area contributed by atoms with Gasteiger partial charge in [0.05, 0.1) is 4.47 Å². The zero-order chi connectivity index (χ0) is 11.5. The summed E-state index contributed by atoms with van der Waals surface area (Å²) >= 11 is 3.36. The lowest BCUT2D eigenvalue weighted by Gasteiger charge is -2.15. The third-order valence-electron chi connectivity index (χ3n) is 3.19. The average molecular weight is 286 g/mol. The first-order chi connectivity index (χ1) is 7.74. The molecule has 0 saturated carbocycles. The molecule has 0 heterocycles. The molecule has 0 radical (unpaired) electrons. The molecular weight excluding hydrogens is 270 g/mol. The quantitative estimate of drug-likeness (QED) is 0.579. The summed E-state index contributed by atoms with van der Waals surface area (Å²) in [7, 11) is 0. The number of hydroxylamine groups is 1. The average Bonchev–Trinajstić information content (AvgIpc) is 2.50. The highest BCUT2D eigenvalue weighted by molar-refractivity contribution is 9.10. The van der Waals surface area contributed by atoms with E-state index in [1.807, 2.05) is 6.07 Å². The van der Waals surface area contributed by atoms with Crippen molar-refractivity contribution in [2.75, 3.05) is 0 Å². The van der Waals surface area contributed by atoms with Gasteiger partial charge in [0.15, 0.2) is 0 Å². The van der Waals surface area contributed by atoms with E-state index in [-0.39, 0.29) is 5.75 Å². The smallest absolute Gasteiger partial charge is 0.134 e. The van der Waals surface area contributed by atoms with Crippen LogP contribution >= 0.6 is 15.9 Å². The number of phenolic OH excluding ortho intramolecular Hbond substituents is 1. The number of nitrogens with one attached hydrogen (secondary N) is 1. The molecule has 0 bridgehead atoms. The fraction of sp³-hybridized carbons (Fsp3) is 0.500. The van der Waals surface area contributed by atoms with Crippen LogP contribution in [0.25, 0.3) is 0 Å². The van der Waals surface area contributed by atoms with E-state index in [1.165, 1.54) is 24.0 Å². The van der Waals surface area contributed by atoms with Gasteiger partial charge in [-0.2, -0.15) is 0 Å². The molecule has 1 aromatic rings. The number of rotatable bonds is 2. The number of hydrogen-bond acceptors (Lipinski definition) is 3. The number of phenols is 1. The third-order valence-corrected chi connectivity index (χ3v) is 3.80. The van der Waals surface area contributed by atoms with Crippen molar-refractivity contribution in [2.24, 2.45) is 0 Å². The zero-order valence-electron chi connectivity index (χ0n) is 9.09. The second-order valence-corrected chi connectivity index (χ2v) is 5.07. The van der Waals surface area contributed by atoms with Crippen LogP contribution in [0.3, 0.4) is 0 Å². The molecule has 1 aromatic carbocycles. The van der Waals surface area contributed by atoms with E-state index < -0.39 is 0 Å². The number of fused-ring (bicyclic) bond motifs is 1. The summed E-state index contributed by atoms with van der Waals surface area (Å²) in [4.78, 5) is 0. The number of halogens is 1. The Morgan fingerprint density at radius 1 is 1.25 bits per heavy atom. The standard InChI is InChI=1S/C12H16BrNO2/c13-11-6-8-4-2-1-3-5-9(8)10(7-14-16)12(11)15/h6,14-16H,1-5,7H2. The van der Waals surface area contributed by atoms with E-state index in [0.717, 1.165) is 29.3 Å². The van der Waals surface area contributed by atoms with Crippen molar-refractivity contribution in [3.8, 4) is 5.75 Å². The second kappa shape index (κ2) is 5.17. The van der Waals surface area contributed by atoms with Crippen LogP contribution in [0.1, 0.15) is 36.0 Å². The first kappa shape index (κ1) is 11.9. The van der Waals surface area contributed by atoms with Gasteiger partial charge in [-0.25, -0.2) is 5.48 Å². The van der Waals surface area contributed by atoms with Gasteiger partial charge in [0.25, 0.3) is 0 Å². The summed E-state index contributed by atoms with van der Waals surface area (Å²) in [6.07, 6.45) is 5.65. The lowest BCUT2D eigenvalue weighted by atomic mass is 9.96. The number of aryl methyl sites for hydroxylation is 1. The van der Waals surface area contributed by atoms with Crippen LogP contribution in [0.4, 0.5) is 0 Å². The monoisotopic (exact) mass is 285 g/mol. The highest BCUT2D eigenvalue weighted by Gasteiger charge is 2.17. The summed E-state index contributed by atoms with van der Waals surface area (Å²) < 4.78 is 0.721. The van der Waals surface area contributed by atoms with E-state index in [0.29, 0.717) is 6.54 Å². The van der Waals surface area contributed by atoms with E-state index >= 15 is 0 Å². The van der Waals surface area contributed by atoms with Gasteiger partial charge in [0.1, 0.15) is 5.75 Å². The molecule has 3 nitrogen and oxygen atoms in total. The molecule has 0 fully saturated rings. The molecule has 16 heavy (non-hydrogen) atoms. The molecule has 88 valence electrons. The number of hydrogen-bond donors (Lipinski definition) is 3. The van der Waals surface area contributed by atoms with Crippen molar-refractivity contribution < 1.29 is 10.3 Å². The predicted molar refractivity (Wildman–Crippen MR) is 65.7 cm³/mol. The van der Waals surface area contributed by atoms with E-state index in [4.69, 9.17) is 5.21 Å². The van der Waals surface area contributed by atoms with E-state index in [2.05, 4.69) is 21.4 Å². The van der Waals surface area contributed by atoms with Crippen LogP contribution in [0, 0.1) is 0 Å². The van der Waals surface area contributed by atoms with Crippen molar-refractivity contribution in [1.29, 1.82) is 0 Å². The Morgan fingerprint density at radius 3 is 2.75 bits per heavy atom. The van der Waals surface area contributed by atoms with Gasteiger partial charge in [-0.3, -0.25) is 0 Å². The molecule has 3 N–H and O–H groups in total. The Morgan fingerprint density at radius 2 is 2.00 bits per heavy atom. The fourth-order valence-electron chi connectivity index (χ4n) is 2.39. The first-order valence-corrected chi connectivity index (χ1v) is 6.42. The summed E-state index contributed by atoms with van der Waals surface area (Å²) in [5.41, 5.74) is 5.48. The highest BCUT2D eigenvalue weighted by Crippen LogP contribution is 2.36. The zero-order valence-corrected chi connectivity index (χ0v) is 10.7. The van der Waals surface area contributed by atoms with Gasteiger partial charge in [-0.1, -0.05) is 6.42 Å². The van der Waals surface area contributed by atoms with Crippen LogP contribution < -0.4 is 5.48 Å². The highest BCUT2D eigenvalue weighted by atomic mass is 79.9. The van der Waals surface area contributed by atoms with Gasteiger partial charge in [-0.15, -0.1) is 0 Å². The van der Waals surface area contributed by atoms with Crippen LogP contribution in [-0.2, 0) is 19.4 Å². The molecule has 1 aliphatic rings. The van der Waals surface area contributed by atoms with Gasteiger partial charge in [0.2, 0.25) is 0 Å². The molecule has 1 aliphatic carbocycles. The maximum absolute atomic E-state index is 9.98. The Bertz CT molecular complexity index is 393. The summed E-state index contributed by atoms with van der Waals surface area (Å²) in [6.45, 7) is 0.299. The van der Waals surface area contributed by atoms with Crippen LogP contribution in [0.2, 0.25) is 0 Å². The Kier molecular flexibility index (Phi) is 3.84. The minimum atomic E-state index is 0.252. The van der Waals surface area contributed by atoms with Crippen molar-refractivity contribution in [3.63, 3.8) is 0 Å². The molecule has 0 unspecified atom stereocenters. The molecular formula is C12H16BrNO2. The summed E-state index contributed by atoms with van der Waals surface area (Å²) in [6, 6.07) is 2.01. The van der Waals surface area contributed by atoms with Crippen LogP contribution in [-0.4, -0.2) is 10.3 Å². The van der Waals surface area contributed by atoms with Crippen molar-refractivity contribution in [3.05, 3.63) is 27.2 Å². The maximum atomic E-state index is 9.98. The topological polar surface area (TPSA) is 52.5 Å². The van der Waals surface area contributed by atoms with E-state index in [1.54, 1.807) is 0 Å². The normalized spacial score (nSPS) is 15.6. The lowest BCUT2D eigenvalue weighted by molar-refractivity contribution is 0.160. The van der Waals surface area contributed by atoms with Crippen molar-refractivity contribution in [2.45, 2.75) is 38.6 Å². The molecule has 0 spiro atoms. The Hall–Kier alpha value is -0.580. The second-order valence-electron chi connectivity index (χ2n) is 4.22. The molecule has 0 aromatic heterocycles. The first-order valence-electron chi connectivity index (χ1n) is 5.63. The molecule has 2 rings (SSSR count). The molecule has 0 atom stereocenters. The molecule has 4 heteroatoms. The fourth-order valence-corrected chi connectivity index (χ4v) is 2.90. The van der Waals surface area contributed by atoms with Gasteiger partial charge >= 0.3 is 0 Å². The summed E-state index contributed by atoms with van der Waals surface area (Å²) in [5.74, 6) is 0.252. The number of aromatic hydroxyl groups is 1. The Balaban J connectivity index is 2.51. The molecule has 0 aliphatic heterocycles. The van der Waals surface area contributed by atoms with Crippen molar-refractivity contribution in [1.82, 2.24) is 5.48 Å². The maximum Gasteiger partial charge on any atom is 0.134 e. The largest absolute Gasteiger partial charge is 0.506 e.